The van der Waals surface area contributed by atoms with Gasteiger partial charge in [-0.05, 0) is 56.4 Å². The molecule has 0 fully saturated rings. The number of thiophene rings is 1. The van der Waals surface area contributed by atoms with Gasteiger partial charge in [-0.3, -0.25) is 0 Å². The Morgan fingerprint density at radius 2 is 0.694 bits per heavy atom. The maximum absolute atomic E-state index is 11.0. The van der Waals surface area contributed by atoms with Crippen molar-refractivity contribution in [2.24, 2.45) is 0 Å². The zero-order chi connectivity index (χ0) is 34.5. The minimum atomic E-state index is -1.04. The van der Waals surface area contributed by atoms with E-state index in [4.69, 9.17) is 0 Å². The second kappa shape index (κ2) is 10.4. The molecule has 0 unspecified atom stereocenters. The normalized spacial score (nSPS) is 11.7. The fourth-order valence-corrected chi connectivity index (χ4v) is 7.80. The van der Waals surface area contributed by atoms with Gasteiger partial charge in [-0.25, -0.2) is 0 Å². The molecule has 0 aliphatic carbocycles. The summed E-state index contributed by atoms with van der Waals surface area (Å²) in [7, 11) is 0. The van der Waals surface area contributed by atoms with Crippen LogP contribution >= 0.6 is 11.3 Å². The van der Waals surface area contributed by atoms with E-state index >= 15 is 0 Å². The van der Waals surface area contributed by atoms with Gasteiger partial charge in [0.05, 0.1) is 11.1 Å². The van der Waals surface area contributed by atoms with E-state index in [1.807, 2.05) is 42.5 Å². The predicted molar refractivity (Wildman–Crippen MR) is 187 cm³/mol. The summed E-state index contributed by atoms with van der Waals surface area (Å²) in [4.78, 5) is 0. The van der Waals surface area contributed by atoms with Crippen molar-refractivity contribution in [2.45, 2.75) is 0 Å². The molecule has 0 aliphatic heterocycles. The van der Waals surface area contributed by atoms with Crippen molar-refractivity contribution in [3.63, 3.8) is 0 Å². The average molecular weight is 673 g/mol. The predicted octanol–water partition coefficient (Wildman–Crippen LogP) is 8.42. The zero-order valence-electron chi connectivity index (χ0n) is 25.0. The number of hydrogen-bond acceptors (Lipinski definition) is 11. The van der Waals surface area contributed by atoms with Gasteiger partial charge in [0.2, 0.25) is 34.5 Å². The first kappa shape index (κ1) is 29.7. The monoisotopic (exact) mass is 672 g/mol. The highest BCUT2D eigenvalue weighted by Gasteiger charge is 2.28. The van der Waals surface area contributed by atoms with Gasteiger partial charge in [0.1, 0.15) is 0 Å². The van der Waals surface area contributed by atoms with Gasteiger partial charge in [0, 0.05) is 25.7 Å². The largest absolute Gasteiger partial charge is 0.504 e. The summed E-state index contributed by atoms with van der Waals surface area (Å²) in [6, 6.07) is 25.7. The molecule has 0 bridgehead atoms. The highest BCUT2D eigenvalue weighted by atomic mass is 32.1. The van der Waals surface area contributed by atoms with E-state index in [0.29, 0.717) is 21.9 Å². The van der Waals surface area contributed by atoms with Crippen LogP contribution in [0.3, 0.4) is 0 Å². The lowest BCUT2D eigenvalue weighted by atomic mass is 9.85. The van der Waals surface area contributed by atoms with Gasteiger partial charge in [-0.15, -0.1) is 11.3 Å². The van der Waals surface area contributed by atoms with Gasteiger partial charge in [-0.1, -0.05) is 66.7 Å². The number of aromatic hydroxyl groups is 10. The molecule has 0 amide bonds. The summed E-state index contributed by atoms with van der Waals surface area (Å²) in [5, 5.41) is 108. The summed E-state index contributed by atoms with van der Waals surface area (Å²) in [6.07, 6.45) is 0. The van der Waals surface area contributed by atoms with Gasteiger partial charge < -0.3 is 51.1 Å². The van der Waals surface area contributed by atoms with Crippen molar-refractivity contribution in [1.29, 1.82) is 0 Å². The lowest BCUT2D eigenvalue weighted by Crippen LogP contribution is -1.92. The van der Waals surface area contributed by atoms with Crippen molar-refractivity contribution in [2.75, 3.05) is 0 Å². The van der Waals surface area contributed by atoms with Crippen LogP contribution < -0.4 is 0 Å². The Labute approximate surface area is 279 Å². The third-order valence-corrected chi connectivity index (χ3v) is 10.1. The van der Waals surface area contributed by atoms with Gasteiger partial charge >= 0.3 is 0 Å². The van der Waals surface area contributed by atoms with Crippen molar-refractivity contribution < 1.29 is 51.1 Å². The molecular weight excluding hydrogens is 648 g/mol. The van der Waals surface area contributed by atoms with Crippen molar-refractivity contribution >= 4 is 53.1 Å². The van der Waals surface area contributed by atoms with E-state index in [1.165, 1.54) is 11.3 Å². The lowest BCUT2D eigenvalue weighted by molar-refractivity contribution is 0.330. The van der Waals surface area contributed by atoms with Gasteiger partial charge in [0.25, 0.3) is 0 Å². The van der Waals surface area contributed by atoms with Crippen molar-refractivity contribution in [3.05, 3.63) is 84.9 Å². The van der Waals surface area contributed by atoms with Crippen LogP contribution in [0.4, 0.5) is 0 Å². The van der Waals surface area contributed by atoms with Crippen LogP contribution in [-0.4, -0.2) is 51.1 Å². The Morgan fingerprint density at radius 3 is 1.20 bits per heavy atom. The van der Waals surface area contributed by atoms with Gasteiger partial charge in [-0.2, -0.15) is 0 Å². The number of benzene rings is 7. The second-order valence-electron chi connectivity index (χ2n) is 11.6. The van der Waals surface area contributed by atoms with Crippen molar-refractivity contribution in [3.8, 4) is 90.9 Å². The number of phenolic OH excluding ortho intramolecular Hbond substituents is 10. The average Bonchev–Trinajstić information content (AvgIpc) is 3.48. The summed E-state index contributed by atoms with van der Waals surface area (Å²) in [6.45, 7) is 0. The topological polar surface area (TPSA) is 202 Å². The Morgan fingerprint density at radius 1 is 0.286 bits per heavy atom. The molecule has 1 heterocycles. The highest BCUT2D eigenvalue weighted by molar-refractivity contribution is 7.25. The third-order valence-electron chi connectivity index (χ3n) is 8.97. The number of phenols is 10. The second-order valence-corrected chi connectivity index (χ2v) is 12.7. The molecule has 242 valence electrons. The first-order valence-corrected chi connectivity index (χ1v) is 15.6. The molecule has 10 N–H and O–H groups in total. The molecule has 49 heavy (non-hydrogen) atoms. The smallest absolute Gasteiger partial charge is 0.208 e. The lowest BCUT2D eigenvalue weighted by Gasteiger charge is -2.20. The van der Waals surface area contributed by atoms with Crippen LogP contribution in [0.5, 0.6) is 57.5 Å². The zero-order valence-corrected chi connectivity index (χ0v) is 25.8. The minimum Gasteiger partial charge on any atom is -0.504 e. The van der Waals surface area contributed by atoms with E-state index < -0.39 is 57.5 Å². The molecule has 0 radical (unpaired) electrons. The van der Waals surface area contributed by atoms with Crippen LogP contribution in [0.1, 0.15) is 0 Å². The molecule has 8 aromatic rings. The summed E-state index contributed by atoms with van der Waals surface area (Å²) in [5.74, 6) is -9.07. The molecule has 11 heteroatoms. The Bertz CT molecular complexity index is 2620. The Hall–Kier alpha value is -6.72. The molecule has 0 spiro atoms. The standard InChI is InChI=1S/C38H24O10S/c39-29-26(30(40)34(44)37(47)33(29)43)16-9-11-17-22-13-15(10-12-23(22)49-24(17)14-16)25-18-5-1-3-7-20(18)27(21-8-4-2-6-19(21)25)28-31(41)35(45)38(48)36(46)32(28)42/h1-14,39-48H. The van der Waals surface area contributed by atoms with Crippen LogP contribution in [-0.2, 0) is 0 Å². The molecule has 0 atom stereocenters. The highest BCUT2D eigenvalue weighted by Crippen LogP contribution is 2.58. The van der Waals surface area contributed by atoms with Crippen LogP contribution in [0.15, 0.2) is 84.9 Å². The van der Waals surface area contributed by atoms with E-state index in [1.54, 1.807) is 42.5 Å². The number of fused-ring (bicyclic) bond motifs is 5. The molecule has 0 aliphatic rings. The van der Waals surface area contributed by atoms with Crippen LogP contribution in [0, 0.1) is 0 Å². The van der Waals surface area contributed by atoms with E-state index in [0.717, 1.165) is 42.1 Å². The minimum absolute atomic E-state index is 0.238. The van der Waals surface area contributed by atoms with E-state index in [9.17, 15) is 51.1 Å². The first-order chi connectivity index (χ1) is 23.5. The molecule has 10 nitrogen and oxygen atoms in total. The Kier molecular flexibility index (Phi) is 6.29. The van der Waals surface area contributed by atoms with E-state index in [-0.39, 0.29) is 11.1 Å². The third kappa shape index (κ3) is 4.06. The van der Waals surface area contributed by atoms with Gasteiger partial charge in [0.15, 0.2) is 23.0 Å². The van der Waals surface area contributed by atoms with Crippen molar-refractivity contribution in [1.82, 2.24) is 0 Å². The molecule has 0 saturated heterocycles. The maximum atomic E-state index is 11.0. The molecule has 8 rings (SSSR count). The molecular formula is C38H24O10S. The van der Waals surface area contributed by atoms with Crippen LogP contribution in [0.25, 0.3) is 75.1 Å². The maximum Gasteiger partial charge on any atom is 0.208 e. The summed E-state index contributed by atoms with van der Waals surface area (Å²) in [5.41, 5.74) is 1.83. The molecule has 0 saturated carbocycles. The molecule has 7 aromatic carbocycles. The fraction of sp³-hybridized carbons (Fsp3) is 0. The SMILES string of the molecule is Oc1c(O)c(O)c(-c2ccc3c(c2)sc2ccc(-c4c5ccccc5c(-c5c(O)c(O)c(O)c(O)c5O)c5ccccc45)cc23)c(O)c1O. The first-order valence-electron chi connectivity index (χ1n) is 14.8. The quantitative estimate of drug-likeness (QED) is 0.0493. The molecule has 1 aromatic heterocycles. The number of hydrogen-bond donors (Lipinski definition) is 10. The van der Waals surface area contributed by atoms with Crippen LogP contribution in [0.2, 0.25) is 0 Å². The summed E-state index contributed by atoms with van der Waals surface area (Å²) < 4.78 is 1.70. The van der Waals surface area contributed by atoms with E-state index in [2.05, 4.69) is 0 Å². The number of rotatable bonds is 3. The fourth-order valence-electron chi connectivity index (χ4n) is 6.68. The summed E-state index contributed by atoms with van der Waals surface area (Å²) >= 11 is 1.45. The Balaban J connectivity index is 1.38.